The Morgan fingerprint density at radius 3 is 2.42 bits per heavy atom. The number of nitrogens with one attached hydrogen (secondary N) is 1. The fourth-order valence-electron chi connectivity index (χ4n) is 2.32. The Morgan fingerprint density at radius 1 is 1.32 bits per heavy atom. The van der Waals surface area contributed by atoms with E-state index in [1.165, 1.54) is 0 Å². The molecule has 3 atom stereocenters. The highest BCUT2D eigenvalue weighted by molar-refractivity contribution is 5.86. The van der Waals surface area contributed by atoms with Gasteiger partial charge in [0.25, 0.3) is 0 Å². The van der Waals surface area contributed by atoms with Crippen LogP contribution in [0.2, 0.25) is 0 Å². The molecule has 108 valence electrons. The van der Waals surface area contributed by atoms with Gasteiger partial charge >= 0.3 is 18.0 Å². The van der Waals surface area contributed by atoms with E-state index in [9.17, 15) is 14.4 Å². The summed E-state index contributed by atoms with van der Waals surface area (Å²) in [5, 5.41) is 19.8. The molecule has 0 aromatic carbocycles. The monoisotopic (exact) mass is 272 g/mol. The molecule has 0 aromatic heterocycles. The lowest BCUT2D eigenvalue weighted by molar-refractivity contribution is -0.145. The summed E-state index contributed by atoms with van der Waals surface area (Å²) in [7, 11) is 0. The van der Waals surface area contributed by atoms with Crippen LogP contribution in [0.15, 0.2) is 0 Å². The first kappa shape index (κ1) is 15.3. The van der Waals surface area contributed by atoms with Crippen molar-refractivity contribution in [1.29, 1.82) is 0 Å². The second-order valence-corrected chi connectivity index (χ2v) is 5.11. The lowest BCUT2D eigenvalue weighted by Crippen LogP contribution is -2.53. The van der Waals surface area contributed by atoms with Crippen molar-refractivity contribution in [1.82, 2.24) is 10.2 Å². The van der Waals surface area contributed by atoms with Crippen LogP contribution in [0.4, 0.5) is 4.79 Å². The molecule has 7 nitrogen and oxygen atoms in total. The maximum Gasteiger partial charge on any atom is 0.326 e. The molecule has 1 aliphatic heterocycles. The van der Waals surface area contributed by atoms with Crippen LogP contribution in [-0.4, -0.2) is 51.7 Å². The van der Waals surface area contributed by atoms with Crippen LogP contribution in [0.1, 0.15) is 33.1 Å². The van der Waals surface area contributed by atoms with Gasteiger partial charge < -0.3 is 20.4 Å². The van der Waals surface area contributed by atoms with E-state index >= 15 is 0 Å². The zero-order valence-electron chi connectivity index (χ0n) is 11.1. The number of likely N-dealkylation sites (tertiary alicyclic amines) is 1. The molecule has 1 rings (SSSR count). The molecule has 0 saturated carbocycles. The number of carbonyl (C=O) groups is 3. The molecule has 7 heteroatoms. The summed E-state index contributed by atoms with van der Waals surface area (Å²) in [4.78, 5) is 35.0. The summed E-state index contributed by atoms with van der Waals surface area (Å²) in [5.41, 5.74) is 0. The standard InChI is InChI=1S/C12H20N2O5/c1-7-3-4-14(8(2)5-7)12(19)13-9(11(17)18)6-10(15)16/h7-9H,3-6H2,1-2H3,(H,13,19)(H,15,16)(H,17,18)/t7?,8?,9-/m0/s1. The SMILES string of the molecule is CC1CCN(C(=O)N[C@@H](CC(=O)O)C(=O)O)C(C)C1. The van der Waals surface area contributed by atoms with Crippen LogP contribution in [0.5, 0.6) is 0 Å². The number of carbonyl (C=O) groups excluding carboxylic acids is 1. The topological polar surface area (TPSA) is 107 Å². The smallest absolute Gasteiger partial charge is 0.326 e. The summed E-state index contributed by atoms with van der Waals surface area (Å²) < 4.78 is 0. The minimum absolute atomic E-state index is 0.0306. The number of carboxylic acid groups (broad SMARTS) is 2. The number of rotatable bonds is 4. The first-order valence-electron chi connectivity index (χ1n) is 6.33. The number of urea groups is 1. The van der Waals surface area contributed by atoms with E-state index in [-0.39, 0.29) is 6.04 Å². The number of hydrogen-bond donors (Lipinski definition) is 3. The molecule has 1 saturated heterocycles. The summed E-state index contributed by atoms with van der Waals surface area (Å²) in [6, 6.07) is -1.87. The van der Waals surface area contributed by atoms with E-state index in [0.29, 0.717) is 12.5 Å². The molecule has 1 fully saturated rings. The highest BCUT2D eigenvalue weighted by Crippen LogP contribution is 2.22. The maximum absolute atomic E-state index is 12.0. The summed E-state index contributed by atoms with van der Waals surface area (Å²) in [5.74, 6) is -2.06. The van der Waals surface area contributed by atoms with Gasteiger partial charge in [0.1, 0.15) is 6.04 Å². The van der Waals surface area contributed by atoms with E-state index < -0.39 is 30.4 Å². The van der Waals surface area contributed by atoms with Gasteiger partial charge in [-0.25, -0.2) is 9.59 Å². The highest BCUT2D eigenvalue weighted by Gasteiger charge is 2.30. The van der Waals surface area contributed by atoms with Crippen molar-refractivity contribution in [2.75, 3.05) is 6.54 Å². The first-order valence-corrected chi connectivity index (χ1v) is 6.33. The van der Waals surface area contributed by atoms with Gasteiger partial charge in [0.15, 0.2) is 0 Å². The first-order chi connectivity index (χ1) is 8.81. The van der Waals surface area contributed by atoms with Crippen LogP contribution in [0, 0.1) is 5.92 Å². The van der Waals surface area contributed by atoms with Crippen molar-refractivity contribution >= 4 is 18.0 Å². The Labute approximate surface area is 111 Å². The minimum Gasteiger partial charge on any atom is -0.481 e. The molecular weight excluding hydrogens is 252 g/mol. The molecule has 3 N–H and O–H groups in total. The quantitative estimate of drug-likeness (QED) is 0.700. The number of nitrogens with zero attached hydrogens (tertiary/aromatic N) is 1. The molecule has 19 heavy (non-hydrogen) atoms. The second kappa shape index (κ2) is 6.40. The largest absolute Gasteiger partial charge is 0.481 e. The third kappa shape index (κ3) is 4.42. The third-order valence-electron chi connectivity index (χ3n) is 3.37. The van der Waals surface area contributed by atoms with Crippen LogP contribution in [0.3, 0.4) is 0 Å². The highest BCUT2D eigenvalue weighted by atomic mass is 16.4. The fourth-order valence-corrected chi connectivity index (χ4v) is 2.32. The summed E-state index contributed by atoms with van der Waals surface area (Å²) in [6.07, 6.45) is 1.11. The van der Waals surface area contributed by atoms with Gasteiger partial charge in [-0.3, -0.25) is 4.79 Å². The molecule has 1 aliphatic rings. The normalized spacial score (nSPS) is 24.6. The van der Waals surface area contributed by atoms with Crippen LogP contribution < -0.4 is 5.32 Å². The van der Waals surface area contributed by atoms with Gasteiger partial charge in [0, 0.05) is 12.6 Å². The maximum atomic E-state index is 12.0. The lowest BCUT2D eigenvalue weighted by atomic mass is 9.94. The second-order valence-electron chi connectivity index (χ2n) is 5.11. The molecule has 2 amide bonds. The predicted octanol–water partition coefficient (Wildman–Crippen LogP) is 0.744. The van der Waals surface area contributed by atoms with E-state index in [0.717, 1.165) is 12.8 Å². The number of carboxylic acids is 2. The van der Waals surface area contributed by atoms with Crippen molar-refractivity contribution in [2.24, 2.45) is 5.92 Å². The zero-order chi connectivity index (χ0) is 14.6. The predicted molar refractivity (Wildman–Crippen MR) is 66.8 cm³/mol. The number of amides is 2. The average Bonchev–Trinajstić information content (AvgIpc) is 2.26. The van der Waals surface area contributed by atoms with E-state index in [4.69, 9.17) is 10.2 Å². The number of aliphatic carboxylic acids is 2. The van der Waals surface area contributed by atoms with E-state index in [2.05, 4.69) is 12.2 Å². The van der Waals surface area contributed by atoms with Crippen LogP contribution in [-0.2, 0) is 9.59 Å². The van der Waals surface area contributed by atoms with Crippen molar-refractivity contribution in [3.8, 4) is 0 Å². The van der Waals surface area contributed by atoms with Gasteiger partial charge in [0.05, 0.1) is 6.42 Å². The van der Waals surface area contributed by atoms with Crippen molar-refractivity contribution in [2.45, 2.75) is 45.2 Å². The minimum atomic E-state index is -1.39. The molecule has 0 aliphatic carbocycles. The molecule has 2 unspecified atom stereocenters. The Kier molecular flexibility index (Phi) is 5.14. The van der Waals surface area contributed by atoms with Gasteiger partial charge in [-0.05, 0) is 25.7 Å². The summed E-state index contributed by atoms with van der Waals surface area (Å²) >= 11 is 0. The number of piperidine rings is 1. The molecule has 1 heterocycles. The molecular formula is C12H20N2O5. The van der Waals surface area contributed by atoms with E-state index in [1.807, 2.05) is 6.92 Å². The van der Waals surface area contributed by atoms with Gasteiger partial charge in [-0.2, -0.15) is 0 Å². The Hall–Kier alpha value is -1.79. The van der Waals surface area contributed by atoms with Crippen molar-refractivity contribution < 1.29 is 24.6 Å². The van der Waals surface area contributed by atoms with Crippen molar-refractivity contribution in [3.05, 3.63) is 0 Å². The van der Waals surface area contributed by atoms with E-state index in [1.54, 1.807) is 4.90 Å². The Balaban J connectivity index is 2.61. The number of hydrogen-bond acceptors (Lipinski definition) is 3. The van der Waals surface area contributed by atoms with Gasteiger partial charge in [0.2, 0.25) is 0 Å². The third-order valence-corrected chi connectivity index (χ3v) is 3.37. The average molecular weight is 272 g/mol. The van der Waals surface area contributed by atoms with Crippen LogP contribution >= 0.6 is 0 Å². The lowest BCUT2D eigenvalue weighted by Gasteiger charge is -2.36. The van der Waals surface area contributed by atoms with Gasteiger partial charge in [-0.15, -0.1) is 0 Å². The molecule has 0 aromatic rings. The van der Waals surface area contributed by atoms with Crippen LogP contribution in [0.25, 0.3) is 0 Å². The Morgan fingerprint density at radius 2 is 1.95 bits per heavy atom. The molecule has 0 spiro atoms. The van der Waals surface area contributed by atoms with Gasteiger partial charge in [-0.1, -0.05) is 6.92 Å². The summed E-state index contributed by atoms with van der Waals surface area (Å²) in [6.45, 7) is 4.58. The zero-order valence-corrected chi connectivity index (χ0v) is 11.1. The fraction of sp³-hybridized carbons (Fsp3) is 0.750. The Bertz CT molecular complexity index is 371. The van der Waals surface area contributed by atoms with Crippen molar-refractivity contribution in [3.63, 3.8) is 0 Å². The molecule has 0 bridgehead atoms. The molecule has 0 radical (unpaired) electrons.